The Labute approximate surface area is 195 Å². The van der Waals surface area contributed by atoms with E-state index in [4.69, 9.17) is 28.4 Å². The summed E-state index contributed by atoms with van der Waals surface area (Å²) in [7, 11) is 0. The largest absolute Gasteiger partial charge is 0.411 e. The van der Waals surface area contributed by atoms with E-state index in [1.54, 1.807) is 29.2 Å². The van der Waals surface area contributed by atoms with Crippen molar-refractivity contribution in [2.45, 2.75) is 51.7 Å². The smallest absolute Gasteiger partial charge is 0.255 e. The predicted molar refractivity (Wildman–Crippen MR) is 126 cm³/mol. The van der Waals surface area contributed by atoms with Gasteiger partial charge in [-0.05, 0) is 44.2 Å². The first-order valence-corrected chi connectivity index (χ1v) is 11.3. The first-order chi connectivity index (χ1) is 15.5. The van der Waals surface area contributed by atoms with Crippen LogP contribution in [0.4, 0.5) is 5.69 Å². The Morgan fingerprint density at radius 3 is 2.78 bits per heavy atom. The topological polar surface area (TPSA) is 104 Å². The zero-order valence-corrected chi connectivity index (χ0v) is 19.1. The molecule has 0 saturated heterocycles. The molecule has 168 valence electrons. The lowest BCUT2D eigenvalue weighted by Crippen LogP contribution is -2.29. The van der Waals surface area contributed by atoms with Crippen LogP contribution >= 0.6 is 23.2 Å². The molecule has 0 unspecified atom stereocenters. The summed E-state index contributed by atoms with van der Waals surface area (Å²) in [5, 5.41) is 24.9. The Bertz CT molecular complexity index is 1170. The lowest BCUT2D eigenvalue weighted by atomic mass is 9.93. The van der Waals surface area contributed by atoms with Crippen molar-refractivity contribution in [3.8, 4) is 0 Å². The summed E-state index contributed by atoms with van der Waals surface area (Å²) in [4.78, 5) is 17.6. The van der Waals surface area contributed by atoms with Gasteiger partial charge in [0, 0.05) is 25.3 Å². The number of amides is 1. The van der Waals surface area contributed by atoms with Crippen LogP contribution in [0, 0.1) is 0 Å². The predicted octanol–water partition coefficient (Wildman–Crippen LogP) is 4.87. The summed E-state index contributed by atoms with van der Waals surface area (Å²) in [6.07, 6.45) is 6.37. The van der Waals surface area contributed by atoms with Crippen LogP contribution in [0.25, 0.3) is 11.0 Å². The van der Waals surface area contributed by atoms with Crippen LogP contribution in [0.1, 0.15) is 48.5 Å². The second-order valence-corrected chi connectivity index (χ2v) is 8.51. The Morgan fingerprint density at radius 1 is 1.28 bits per heavy atom. The third-order valence-electron chi connectivity index (χ3n) is 5.73. The van der Waals surface area contributed by atoms with E-state index in [-0.39, 0.29) is 18.5 Å². The number of oxime groups is 1. The maximum atomic E-state index is 13.1. The molecule has 0 atom stereocenters. The minimum Gasteiger partial charge on any atom is -0.411 e. The summed E-state index contributed by atoms with van der Waals surface area (Å²) in [6.45, 7) is 2.91. The number of nitrogens with zero attached hydrogens (tertiary/aromatic N) is 4. The van der Waals surface area contributed by atoms with Crippen LogP contribution in [-0.2, 0) is 13.1 Å². The minimum atomic E-state index is -0.268. The van der Waals surface area contributed by atoms with E-state index in [1.807, 2.05) is 13.0 Å². The van der Waals surface area contributed by atoms with Crippen molar-refractivity contribution in [2.24, 2.45) is 5.16 Å². The monoisotopic (exact) mass is 474 g/mol. The molecule has 1 aromatic carbocycles. The number of carbonyl (C=O) groups is 1. The molecule has 2 heterocycles. The number of aromatic nitrogens is 3. The van der Waals surface area contributed by atoms with Crippen LogP contribution in [0.5, 0.6) is 0 Å². The average molecular weight is 475 g/mol. The fourth-order valence-corrected chi connectivity index (χ4v) is 4.33. The standard InChI is InChI=1S/C22H24Cl2N6O2/c1-2-30-21-16(12-27-30)20(28-14-6-8-15(29-32)9-7-14)17(11-25-21)22(31)26-10-13-4-3-5-18(23)19(13)24/h3-5,11-12,14,32H,2,6-10H2,1H3,(H,25,28)(H,26,31). The van der Waals surface area contributed by atoms with E-state index in [0.717, 1.165) is 35.2 Å². The lowest BCUT2D eigenvalue weighted by molar-refractivity contribution is 0.0951. The first-order valence-electron chi connectivity index (χ1n) is 10.5. The molecule has 4 rings (SSSR count). The third-order valence-corrected chi connectivity index (χ3v) is 6.59. The summed E-state index contributed by atoms with van der Waals surface area (Å²) in [5.74, 6) is -0.268. The SMILES string of the molecule is CCn1ncc2c(NC3CCC(=NO)CC3)c(C(=O)NCc3cccc(Cl)c3Cl)cnc21. The van der Waals surface area contributed by atoms with Crippen LogP contribution in [-0.4, -0.2) is 37.6 Å². The molecule has 1 saturated carbocycles. The molecule has 1 amide bonds. The van der Waals surface area contributed by atoms with Crippen molar-refractivity contribution in [1.29, 1.82) is 0 Å². The number of hydrogen-bond donors (Lipinski definition) is 3. The number of pyridine rings is 1. The zero-order valence-electron chi connectivity index (χ0n) is 17.6. The lowest BCUT2D eigenvalue weighted by Gasteiger charge is -2.25. The number of fused-ring (bicyclic) bond motifs is 1. The molecule has 8 nitrogen and oxygen atoms in total. The number of hydrogen-bond acceptors (Lipinski definition) is 6. The van der Waals surface area contributed by atoms with E-state index < -0.39 is 0 Å². The number of halogens is 2. The van der Waals surface area contributed by atoms with E-state index in [0.29, 0.717) is 40.7 Å². The highest BCUT2D eigenvalue weighted by Gasteiger charge is 2.23. The molecule has 0 radical (unpaired) electrons. The maximum Gasteiger partial charge on any atom is 0.255 e. The second-order valence-electron chi connectivity index (χ2n) is 7.72. The minimum absolute atomic E-state index is 0.144. The Balaban J connectivity index is 1.61. The molecule has 0 spiro atoms. The molecule has 3 aromatic rings. The number of rotatable bonds is 6. The van der Waals surface area contributed by atoms with E-state index in [9.17, 15) is 4.79 Å². The van der Waals surface area contributed by atoms with E-state index >= 15 is 0 Å². The van der Waals surface area contributed by atoms with Gasteiger partial charge in [-0.3, -0.25) is 4.79 Å². The highest BCUT2D eigenvalue weighted by Crippen LogP contribution is 2.30. The van der Waals surface area contributed by atoms with Crippen molar-refractivity contribution in [1.82, 2.24) is 20.1 Å². The highest BCUT2D eigenvalue weighted by atomic mass is 35.5. The van der Waals surface area contributed by atoms with Gasteiger partial charge in [0.2, 0.25) is 0 Å². The molecule has 1 fully saturated rings. The molecular weight excluding hydrogens is 451 g/mol. The van der Waals surface area contributed by atoms with Gasteiger partial charge in [-0.1, -0.05) is 40.5 Å². The number of anilines is 1. The van der Waals surface area contributed by atoms with Gasteiger partial charge >= 0.3 is 0 Å². The number of aryl methyl sites for hydroxylation is 1. The molecule has 1 aliphatic rings. The molecule has 32 heavy (non-hydrogen) atoms. The van der Waals surface area contributed by atoms with Crippen molar-refractivity contribution in [2.75, 3.05) is 5.32 Å². The van der Waals surface area contributed by atoms with Gasteiger partial charge < -0.3 is 15.8 Å². The van der Waals surface area contributed by atoms with Gasteiger partial charge in [-0.2, -0.15) is 5.10 Å². The third kappa shape index (κ3) is 4.52. The fourth-order valence-electron chi connectivity index (χ4n) is 3.94. The van der Waals surface area contributed by atoms with Gasteiger partial charge in [-0.15, -0.1) is 0 Å². The maximum absolute atomic E-state index is 13.1. The Kier molecular flexibility index (Phi) is 6.81. The van der Waals surface area contributed by atoms with E-state index in [2.05, 4.69) is 25.9 Å². The summed E-state index contributed by atoms with van der Waals surface area (Å²) in [6, 6.07) is 5.47. The van der Waals surface area contributed by atoms with Crippen molar-refractivity contribution < 1.29 is 10.0 Å². The van der Waals surface area contributed by atoms with Gasteiger partial charge in [0.25, 0.3) is 5.91 Å². The van der Waals surface area contributed by atoms with Gasteiger partial charge in [0.15, 0.2) is 5.65 Å². The van der Waals surface area contributed by atoms with Crippen molar-refractivity contribution in [3.05, 3.63) is 51.8 Å². The van der Waals surface area contributed by atoms with Crippen LogP contribution in [0.2, 0.25) is 10.0 Å². The van der Waals surface area contributed by atoms with Crippen molar-refractivity contribution >= 4 is 51.5 Å². The molecule has 3 N–H and O–H groups in total. The molecule has 10 heteroatoms. The number of nitrogens with one attached hydrogen (secondary N) is 2. The van der Waals surface area contributed by atoms with Crippen molar-refractivity contribution in [3.63, 3.8) is 0 Å². The fraction of sp³-hybridized carbons (Fsp3) is 0.364. The van der Waals surface area contributed by atoms with Gasteiger partial charge in [0.05, 0.1) is 38.6 Å². The van der Waals surface area contributed by atoms with Crippen LogP contribution in [0.3, 0.4) is 0 Å². The first kappa shape index (κ1) is 22.4. The summed E-state index contributed by atoms with van der Waals surface area (Å²) >= 11 is 12.3. The molecule has 0 aliphatic heterocycles. The normalized spacial score (nSPS) is 16.2. The summed E-state index contributed by atoms with van der Waals surface area (Å²) < 4.78 is 1.80. The molecular formula is C22H24Cl2N6O2. The van der Waals surface area contributed by atoms with E-state index in [1.165, 1.54) is 0 Å². The second kappa shape index (κ2) is 9.75. The zero-order chi connectivity index (χ0) is 22.7. The number of benzene rings is 1. The van der Waals surface area contributed by atoms with Gasteiger partial charge in [0.1, 0.15) is 0 Å². The molecule has 2 aromatic heterocycles. The molecule has 0 bridgehead atoms. The number of carbonyl (C=O) groups excluding carboxylic acids is 1. The molecule has 1 aliphatic carbocycles. The summed E-state index contributed by atoms with van der Waals surface area (Å²) in [5.41, 5.74) is 3.40. The van der Waals surface area contributed by atoms with Gasteiger partial charge in [-0.25, -0.2) is 9.67 Å². The average Bonchev–Trinajstić information content (AvgIpc) is 3.24. The Morgan fingerprint density at radius 2 is 2.06 bits per heavy atom. The van der Waals surface area contributed by atoms with Crippen LogP contribution < -0.4 is 10.6 Å². The Hall–Kier alpha value is -2.84. The highest BCUT2D eigenvalue weighted by molar-refractivity contribution is 6.42. The van der Waals surface area contributed by atoms with Crippen LogP contribution in [0.15, 0.2) is 35.7 Å². The quantitative estimate of drug-likeness (QED) is 0.349.